The highest BCUT2D eigenvalue weighted by molar-refractivity contribution is 5.75. The average Bonchev–Trinajstić information content (AvgIpc) is 2.98. The number of para-hydroxylation sites is 1. The third-order valence-corrected chi connectivity index (χ3v) is 3.14. The molecule has 2 rings (SSSR count). The molecule has 0 aliphatic carbocycles. The fourth-order valence-corrected chi connectivity index (χ4v) is 1.98. The molecule has 1 amide bonds. The van der Waals surface area contributed by atoms with Gasteiger partial charge in [0.05, 0.1) is 6.61 Å². The Kier molecular flexibility index (Phi) is 5.82. The van der Waals surface area contributed by atoms with Crippen LogP contribution in [0.2, 0.25) is 0 Å². The monoisotopic (exact) mass is 287 g/mol. The molecule has 0 radical (unpaired) electrons. The smallest absolute Gasteiger partial charge is 0.220 e. The number of carbonyl (C=O) groups excluding carboxylic acids is 1. The van der Waals surface area contributed by atoms with Crippen molar-refractivity contribution in [3.05, 3.63) is 48.0 Å². The van der Waals surface area contributed by atoms with Crippen LogP contribution in [0.3, 0.4) is 0 Å². The summed E-state index contributed by atoms with van der Waals surface area (Å²) in [6, 6.07) is 7.88. The summed E-state index contributed by atoms with van der Waals surface area (Å²) in [4.78, 5) is 18.8. The Morgan fingerprint density at radius 3 is 3.00 bits per heavy atom. The molecule has 0 unspecified atom stereocenters. The molecule has 1 aromatic heterocycles. The fourth-order valence-electron chi connectivity index (χ4n) is 1.98. The lowest BCUT2D eigenvalue weighted by Crippen LogP contribution is -2.26. The van der Waals surface area contributed by atoms with Gasteiger partial charge in [-0.05, 0) is 25.0 Å². The van der Waals surface area contributed by atoms with Crippen molar-refractivity contribution >= 4 is 5.91 Å². The van der Waals surface area contributed by atoms with Crippen LogP contribution in [0.25, 0.3) is 0 Å². The molecule has 5 nitrogen and oxygen atoms in total. The van der Waals surface area contributed by atoms with E-state index in [1.807, 2.05) is 31.2 Å². The van der Waals surface area contributed by atoms with Crippen LogP contribution < -0.4 is 10.1 Å². The predicted octanol–water partition coefficient (Wildman–Crippen LogP) is 2.24. The van der Waals surface area contributed by atoms with Gasteiger partial charge in [0, 0.05) is 31.8 Å². The van der Waals surface area contributed by atoms with Crippen molar-refractivity contribution in [3.8, 4) is 5.75 Å². The van der Waals surface area contributed by atoms with Crippen LogP contribution in [0.4, 0.5) is 0 Å². The van der Waals surface area contributed by atoms with Crippen molar-refractivity contribution in [3.63, 3.8) is 0 Å². The van der Waals surface area contributed by atoms with Gasteiger partial charge in [0.2, 0.25) is 5.91 Å². The van der Waals surface area contributed by atoms with Crippen molar-refractivity contribution in [2.45, 2.75) is 26.2 Å². The molecule has 112 valence electrons. The number of ether oxygens (including phenoxy) is 1. The number of aryl methyl sites for hydroxylation is 1. The van der Waals surface area contributed by atoms with E-state index in [4.69, 9.17) is 4.74 Å². The number of amides is 1. The summed E-state index contributed by atoms with van der Waals surface area (Å²) in [5.41, 5.74) is 1.11. The lowest BCUT2D eigenvalue weighted by Gasteiger charge is -2.08. The zero-order valence-corrected chi connectivity index (χ0v) is 12.3. The van der Waals surface area contributed by atoms with Crippen molar-refractivity contribution < 1.29 is 9.53 Å². The Morgan fingerprint density at radius 2 is 2.24 bits per heavy atom. The summed E-state index contributed by atoms with van der Waals surface area (Å²) in [5.74, 6) is 1.82. The van der Waals surface area contributed by atoms with Crippen LogP contribution in [0.15, 0.2) is 36.7 Å². The van der Waals surface area contributed by atoms with Gasteiger partial charge < -0.3 is 15.0 Å². The van der Waals surface area contributed by atoms with E-state index in [9.17, 15) is 4.79 Å². The maximum atomic E-state index is 11.7. The first-order chi connectivity index (χ1) is 10.3. The molecule has 0 atom stereocenters. The van der Waals surface area contributed by atoms with Gasteiger partial charge in [-0.15, -0.1) is 0 Å². The Morgan fingerprint density at radius 1 is 1.38 bits per heavy atom. The highest BCUT2D eigenvalue weighted by Gasteiger charge is 2.03. The largest absolute Gasteiger partial charge is 0.493 e. The topological polar surface area (TPSA) is 67.0 Å². The van der Waals surface area contributed by atoms with Gasteiger partial charge in [-0.1, -0.05) is 18.2 Å². The number of rotatable bonds is 8. The minimum Gasteiger partial charge on any atom is -0.493 e. The van der Waals surface area contributed by atoms with Gasteiger partial charge in [-0.2, -0.15) is 0 Å². The molecular weight excluding hydrogens is 266 g/mol. The van der Waals surface area contributed by atoms with E-state index < -0.39 is 0 Å². The van der Waals surface area contributed by atoms with Gasteiger partial charge in [0.25, 0.3) is 0 Å². The number of hydrogen-bond acceptors (Lipinski definition) is 3. The minimum atomic E-state index is 0.0509. The van der Waals surface area contributed by atoms with E-state index in [0.717, 1.165) is 23.6 Å². The summed E-state index contributed by atoms with van der Waals surface area (Å²) in [6.07, 6.45) is 5.39. The highest BCUT2D eigenvalue weighted by Crippen LogP contribution is 2.16. The summed E-state index contributed by atoms with van der Waals surface area (Å²) >= 11 is 0. The second-order valence-corrected chi connectivity index (χ2v) is 4.85. The first-order valence-corrected chi connectivity index (χ1v) is 7.19. The van der Waals surface area contributed by atoms with Crippen molar-refractivity contribution in [2.75, 3.05) is 13.2 Å². The molecular formula is C16H21N3O2. The third-order valence-electron chi connectivity index (χ3n) is 3.14. The molecule has 0 fully saturated rings. The van der Waals surface area contributed by atoms with Gasteiger partial charge in [0.1, 0.15) is 11.6 Å². The lowest BCUT2D eigenvalue weighted by molar-refractivity contribution is -0.121. The Labute approximate surface area is 124 Å². The number of carbonyl (C=O) groups is 1. The molecule has 21 heavy (non-hydrogen) atoms. The lowest BCUT2D eigenvalue weighted by atomic mass is 10.2. The van der Waals surface area contributed by atoms with Crippen molar-refractivity contribution in [1.29, 1.82) is 0 Å². The van der Waals surface area contributed by atoms with E-state index >= 15 is 0 Å². The fraction of sp³-hybridized carbons (Fsp3) is 0.375. The molecule has 1 heterocycles. The maximum absolute atomic E-state index is 11.7. The van der Waals surface area contributed by atoms with Crippen LogP contribution >= 0.6 is 0 Å². The summed E-state index contributed by atoms with van der Waals surface area (Å²) in [7, 11) is 0. The van der Waals surface area contributed by atoms with E-state index in [0.29, 0.717) is 26.0 Å². The zero-order chi connectivity index (χ0) is 14.9. The molecule has 0 bridgehead atoms. The molecule has 0 aliphatic rings. The van der Waals surface area contributed by atoms with Gasteiger partial charge in [-0.3, -0.25) is 4.79 Å². The van der Waals surface area contributed by atoms with Gasteiger partial charge in [-0.25, -0.2) is 4.98 Å². The third kappa shape index (κ3) is 5.30. The molecule has 5 heteroatoms. The maximum Gasteiger partial charge on any atom is 0.220 e. The minimum absolute atomic E-state index is 0.0509. The summed E-state index contributed by atoms with van der Waals surface area (Å²) in [6.45, 7) is 3.16. The van der Waals surface area contributed by atoms with Crippen LogP contribution in [0.1, 0.15) is 24.2 Å². The first-order valence-electron chi connectivity index (χ1n) is 7.19. The van der Waals surface area contributed by atoms with Crippen molar-refractivity contribution in [1.82, 2.24) is 15.3 Å². The Balaban J connectivity index is 1.56. The predicted molar refractivity (Wildman–Crippen MR) is 81.2 cm³/mol. The van der Waals surface area contributed by atoms with Gasteiger partial charge >= 0.3 is 0 Å². The number of aromatic amines is 1. The molecule has 0 saturated heterocycles. The van der Waals surface area contributed by atoms with E-state index in [-0.39, 0.29) is 5.91 Å². The molecule has 1 aromatic carbocycles. The molecule has 0 spiro atoms. The van der Waals surface area contributed by atoms with Crippen molar-refractivity contribution in [2.24, 2.45) is 0 Å². The molecule has 2 N–H and O–H groups in total. The average molecular weight is 287 g/mol. The standard InChI is InChI=1S/C16H21N3O2/c1-13-5-2-3-6-14(13)21-12-4-7-16(20)19-9-8-15-17-10-11-18-15/h2-3,5-6,10-11H,4,7-9,12H2,1H3,(H,17,18)(H,19,20). The number of imidazole rings is 1. The zero-order valence-electron chi connectivity index (χ0n) is 12.3. The summed E-state index contributed by atoms with van der Waals surface area (Å²) < 4.78 is 5.66. The Bertz CT molecular complexity index is 552. The number of hydrogen-bond donors (Lipinski definition) is 2. The number of nitrogens with zero attached hydrogens (tertiary/aromatic N) is 1. The van der Waals surface area contributed by atoms with Crippen LogP contribution in [0.5, 0.6) is 5.75 Å². The van der Waals surface area contributed by atoms with E-state index in [2.05, 4.69) is 15.3 Å². The van der Waals surface area contributed by atoms with Crippen LogP contribution in [-0.4, -0.2) is 29.0 Å². The number of aromatic nitrogens is 2. The number of nitrogens with one attached hydrogen (secondary N) is 2. The molecule has 0 saturated carbocycles. The quantitative estimate of drug-likeness (QED) is 0.732. The van der Waals surface area contributed by atoms with E-state index in [1.165, 1.54) is 0 Å². The van der Waals surface area contributed by atoms with E-state index in [1.54, 1.807) is 12.4 Å². The van der Waals surface area contributed by atoms with Crippen LogP contribution in [-0.2, 0) is 11.2 Å². The molecule has 2 aromatic rings. The highest BCUT2D eigenvalue weighted by atomic mass is 16.5. The summed E-state index contributed by atoms with van der Waals surface area (Å²) in [5, 5.41) is 2.88. The molecule has 0 aliphatic heterocycles. The second-order valence-electron chi connectivity index (χ2n) is 4.85. The number of benzene rings is 1. The SMILES string of the molecule is Cc1ccccc1OCCCC(=O)NCCc1ncc[nH]1. The first kappa shape index (κ1) is 15.1. The van der Waals surface area contributed by atoms with Crippen LogP contribution in [0, 0.1) is 6.92 Å². The second kappa shape index (κ2) is 8.09. The van der Waals surface area contributed by atoms with Gasteiger partial charge in [0.15, 0.2) is 0 Å². The number of H-pyrrole nitrogens is 1. The Hall–Kier alpha value is -2.30. The normalized spacial score (nSPS) is 10.3.